The van der Waals surface area contributed by atoms with Crippen LogP contribution in [0.4, 0.5) is 15.3 Å². The van der Waals surface area contributed by atoms with E-state index >= 15 is 0 Å². The molecule has 1 aliphatic heterocycles. The molecular weight excluding hydrogens is 296 g/mol. The van der Waals surface area contributed by atoms with Crippen molar-refractivity contribution in [3.8, 4) is 0 Å². The fourth-order valence-corrected chi connectivity index (χ4v) is 2.09. The summed E-state index contributed by atoms with van der Waals surface area (Å²) >= 11 is 6.10. The molecule has 1 atom stereocenters. The van der Waals surface area contributed by atoms with Crippen LogP contribution in [-0.4, -0.2) is 24.3 Å². The maximum atomic E-state index is 11.7. The van der Waals surface area contributed by atoms with E-state index < -0.39 is 23.9 Å². The molecule has 2 amide bonds. The molecule has 2 rings (SSSR count). The third-order valence-electron chi connectivity index (χ3n) is 2.67. The molecule has 0 radical (unpaired) electrons. The Bertz CT molecular complexity index is 569. The molecule has 1 heterocycles. The summed E-state index contributed by atoms with van der Waals surface area (Å²) in [5.74, 6) is 0. The highest BCUT2D eigenvalue weighted by Gasteiger charge is 2.26. The number of ether oxygens (including phenoxy) is 2. The molecule has 6 nitrogen and oxygen atoms in total. The third kappa shape index (κ3) is 4.26. The number of cyclic esters (lactones) is 1. The van der Waals surface area contributed by atoms with Crippen LogP contribution in [0.1, 0.15) is 32.4 Å². The Hall–Kier alpha value is -1.95. The van der Waals surface area contributed by atoms with Crippen LogP contribution >= 0.6 is 11.6 Å². The Morgan fingerprint density at radius 3 is 2.76 bits per heavy atom. The van der Waals surface area contributed by atoms with Crippen LogP contribution in [0.25, 0.3) is 0 Å². The van der Waals surface area contributed by atoms with Crippen LogP contribution in [0.3, 0.4) is 0 Å². The Balaban J connectivity index is 2.11. The number of carbonyl (C=O) groups is 2. The van der Waals surface area contributed by atoms with Gasteiger partial charge in [0.2, 0.25) is 0 Å². The number of alkyl carbamates (subject to hydrolysis) is 1. The van der Waals surface area contributed by atoms with Crippen molar-refractivity contribution >= 4 is 29.5 Å². The van der Waals surface area contributed by atoms with E-state index in [1.165, 1.54) is 0 Å². The van der Waals surface area contributed by atoms with Gasteiger partial charge in [-0.05, 0) is 39.0 Å². The van der Waals surface area contributed by atoms with Crippen molar-refractivity contribution in [3.05, 3.63) is 28.8 Å². The molecule has 0 aromatic heterocycles. The van der Waals surface area contributed by atoms with Gasteiger partial charge in [-0.15, -0.1) is 0 Å². The molecular formula is C14H17ClN2O4. The molecule has 0 spiro atoms. The van der Waals surface area contributed by atoms with Gasteiger partial charge in [-0.1, -0.05) is 11.6 Å². The second kappa shape index (κ2) is 5.81. The van der Waals surface area contributed by atoms with Crippen LogP contribution in [-0.2, 0) is 9.47 Å². The lowest BCUT2D eigenvalue weighted by atomic mass is 10.1. The lowest BCUT2D eigenvalue weighted by Crippen LogP contribution is -2.27. The van der Waals surface area contributed by atoms with E-state index in [4.69, 9.17) is 21.1 Å². The molecule has 1 unspecified atom stereocenters. The van der Waals surface area contributed by atoms with E-state index in [-0.39, 0.29) is 0 Å². The summed E-state index contributed by atoms with van der Waals surface area (Å²) in [6.45, 7) is 5.69. The van der Waals surface area contributed by atoms with E-state index in [0.717, 1.165) is 0 Å². The summed E-state index contributed by atoms with van der Waals surface area (Å²) in [5, 5.41) is 5.64. The van der Waals surface area contributed by atoms with Gasteiger partial charge in [0.05, 0.1) is 6.54 Å². The fourth-order valence-electron chi connectivity index (χ4n) is 1.85. The standard InChI is InChI=1S/C14H17ClN2O4/c1-14(2,3)21-13(19)17-8-4-5-10(15)9(6-8)11-7-16-12(18)20-11/h4-6,11H,7H2,1-3H3,(H,16,18)(H,17,19). The number of nitrogens with one attached hydrogen (secondary N) is 2. The Morgan fingerprint density at radius 1 is 1.48 bits per heavy atom. The van der Waals surface area contributed by atoms with Crippen molar-refractivity contribution in [1.29, 1.82) is 0 Å². The van der Waals surface area contributed by atoms with Crippen LogP contribution in [0.5, 0.6) is 0 Å². The second-order valence-electron chi connectivity index (χ2n) is 5.64. The number of benzene rings is 1. The first-order valence-corrected chi connectivity index (χ1v) is 6.86. The Kier molecular flexibility index (Phi) is 4.27. The fraction of sp³-hybridized carbons (Fsp3) is 0.429. The molecule has 1 aromatic carbocycles. The average molecular weight is 313 g/mol. The summed E-state index contributed by atoms with van der Waals surface area (Å²) in [6.07, 6.45) is -1.51. The maximum absolute atomic E-state index is 11.7. The zero-order valence-corrected chi connectivity index (χ0v) is 12.8. The van der Waals surface area contributed by atoms with Crippen molar-refractivity contribution in [1.82, 2.24) is 5.32 Å². The Morgan fingerprint density at radius 2 is 2.19 bits per heavy atom. The van der Waals surface area contributed by atoms with Gasteiger partial charge in [0.15, 0.2) is 0 Å². The summed E-state index contributed by atoms with van der Waals surface area (Å²) in [6, 6.07) is 4.95. The SMILES string of the molecule is CC(C)(C)OC(=O)Nc1ccc(Cl)c(C2CNC(=O)O2)c1. The minimum Gasteiger partial charge on any atom is -0.444 e. The van der Waals surface area contributed by atoms with Crippen LogP contribution in [0, 0.1) is 0 Å². The van der Waals surface area contributed by atoms with Crippen LogP contribution < -0.4 is 10.6 Å². The molecule has 7 heteroatoms. The summed E-state index contributed by atoms with van der Waals surface area (Å²) in [4.78, 5) is 22.8. The molecule has 21 heavy (non-hydrogen) atoms. The maximum Gasteiger partial charge on any atom is 0.412 e. The lowest BCUT2D eigenvalue weighted by molar-refractivity contribution is 0.0635. The molecule has 1 aromatic rings. The van der Waals surface area contributed by atoms with Crippen molar-refractivity contribution in [2.45, 2.75) is 32.5 Å². The lowest BCUT2D eigenvalue weighted by Gasteiger charge is -2.20. The molecule has 1 saturated heterocycles. The van der Waals surface area contributed by atoms with Gasteiger partial charge in [-0.2, -0.15) is 0 Å². The van der Waals surface area contributed by atoms with Crippen molar-refractivity contribution in [2.24, 2.45) is 0 Å². The van der Waals surface area contributed by atoms with Crippen molar-refractivity contribution < 1.29 is 19.1 Å². The number of halogens is 1. The minimum atomic E-state index is -0.579. The smallest absolute Gasteiger partial charge is 0.412 e. The van der Waals surface area contributed by atoms with Crippen LogP contribution in [0.15, 0.2) is 18.2 Å². The molecule has 0 aliphatic carbocycles. The second-order valence-corrected chi connectivity index (χ2v) is 6.05. The zero-order valence-electron chi connectivity index (χ0n) is 12.0. The molecule has 114 valence electrons. The Labute approximate surface area is 127 Å². The van der Waals surface area contributed by atoms with Gasteiger partial charge in [0.25, 0.3) is 0 Å². The summed E-state index contributed by atoms with van der Waals surface area (Å²) in [5.41, 5.74) is 0.569. The predicted molar refractivity (Wildman–Crippen MR) is 78.5 cm³/mol. The number of hydrogen-bond donors (Lipinski definition) is 2. The first-order chi connectivity index (χ1) is 9.74. The van der Waals surface area contributed by atoms with Gasteiger partial charge in [-0.25, -0.2) is 9.59 Å². The van der Waals surface area contributed by atoms with Gasteiger partial charge in [-0.3, -0.25) is 5.32 Å². The summed E-state index contributed by atoms with van der Waals surface area (Å²) < 4.78 is 10.3. The van der Waals surface area contributed by atoms with E-state index in [2.05, 4.69) is 10.6 Å². The van der Waals surface area contributed by atoms with Crippen molar-refractivity contribution in [2.75, 3.05) is 11.9 Å². The molecule has 2 N–H and O–H groups in total. The van der Waals surface area contributed by atoms with Crippen molar-refractivity contribution in [3.63, 3.8) is 0 Å². The first kappa shape index (κ1) is 15.4. The number of hydrogen-bond acceptors (Lipinski definition) is 4. The average Bonchev–Trinajstić information content (AvgIpc) is 2.76. The van der Waals surface area contributed by atoms with Gasteiger partial charge < -0.3 is 14.8 Å². The topological polar surface area (TPSA) is 76.7 Å². The quantitative estimate of drug-likeness (QED) is 0.876. The van der Waals surface area contributed by atoms with Crippen LogP contribution in [0.2, 0.25) is 5.02 Å². The van der Waals surface area contributed by atoms with Gasteiger partial charge in [0.1, 0.15) is 11.7 Å². The first-order valence-electron chi connectivity index (χ1n) is 6.48. The number of carbonyl (C=O) groups excluding carboxylic acids is 2. The molecule has 0 saturated carbocycles. The highest BCUT2D eigenvalue weighted by Crippen LogP contribution is 2.30. The van der Waals surface area contributed by atoms with Gasteiger partial charge in [0, 0.05) is 16.3 Å². The number of amides is 2. The number of anilines is 1. The third-order valence-corrected chi connectivity index (χ3v) is 3.01. The number of rotatable bonds is 2. The highest BCUT2D eigenvalue weighted by atomic mass is 35.5. The monoisotopic (exact) mass is 312 g/mol. The van der Waals surface area contributed by atoms with Gasteiger partial charge >= 0.3 is 12.2 Å². The normalized spacial score (nSPS) is 17.9. The highest BCUT2D eigenvalue weighted by molar-refractivity contribution is 6.31. The predicted octanol–water partition coefficient (Wildman–Crippen LogP) is 3.47. The molecule has 1 fully saturated rings. The molecule has 0 bridgehead atoms. The zero-order chi connectivity index (χ0) is 15.6. The van der Waals surface area contributed by atoms with E-state index in [1.807, 2.05) is 0 Å². The minimum absolute atomic E-state index is 0.342. The van der Waals surface area contributed by atoms with E-state index in [9.17, 15) is 9.59 Å². The molecule has 1 aliphatic rings. The largest absolute Gasteiger partial charge is 0.444 e. The van der Waals surface area contributed by atoms with E-state index in [1.54, 1.807) is 39.0 Å². The summed E-state index contributed by atoms with van der Waals surface area (Å²) in [7, 11) is 0. The van der Waals surface area contributed by atoms with E-state index in [0.29, 0.717) is 22.8 Å².